The summed E-state index contributed by atoms with van der Waals surface area (Å²) in [5.74, 6) is -0.569. The van der Waals surface area contributed by atoms with Crippen LogP contribution >= 0.6 is 35.3 Å². The average Bonchev–Trinajstić information content (AvgIpc) is 3.07. The molecule has 1 aromatic carbocycles. The van der Waals surface area contributed by atoms with E-state index >= 15 is 0 Å². The van der Waals surface area contributed by atoms with Gasteiger partial charge in [-0.05, 0) is 18.6 Å². The molecule has 1 saturated heterocycles. The molecule has 5 nitrogen and oxygen atoms in total. The Hall–Kier alpha value is -2.03. The number of carbonyl (C=O) groups is 2. The van der Waals surface area contributed by atoms with Crippen molar-refractivity contribution in [2.45, 2.75) is 6.92 Å². The van der Waals surface area contributed by atoms with Crippen LogP contribution in [-0.2, 0) is 9.59 Å². The standard InChI is InChI=1S/C16H13N3O2S3/c1-10-9-23-15(17-10)18-13(20)8-19-14(21)12(24-16(19)22)7-11-5-3-2-4-6-11/h2-7,9H,8H2,1H3,(H,17,18,20)/b12-7-. The van der Waals surface area contributed by atoms with Gasteiger partial charge < -0.3 is 5.32 Å². The monoisotopic (exact) mass is 375 g/mol. The number of hydrogen-bond acceptors (Lipinski definition) is 6. The summed E-state index contributed by atoms with van der Waals surface area (Å²) in [6.45, 7) is 1.73. The third-order valence-corrected chi connectivity index (χ3v) is 5.39. The van der Waals surface area contributed by atoms with E-state index in [9.17, 15) is 9.59 Å². The van der Waals surface area contributed by atoms with Crippen LogP contribution in [0.3, 0.4) is 0 Å². The second-order valence-corrected chi connectivity index (χ2v) is 7.55. The van der Waals surface area contributed by atoms with Gasteiger partial charge in [-0.2, -0.15) is 0 Å². The molecule has 0 bridgehead atoms. The molecule has 1 N–H and O–H groups in total. The molecule has 0 spiro atoms. The van der Waals surface area contributed by atoms with Crippen LogP contribution in [0.2, 0.25) is 0 Å². The Kier molecular flexibility index (Phi) is 5.08. The Labute approximate surface area is 152 Å². The molecule has 1 aliphatic rings. The number of anilines is 1. The highest BCUT2D eigenvalue weighted by atomic mass is 32.2. The summed E-state index contributed by atoms with van der Waals surface area (Å²) in [6.07, 6.45) is 1.78. The van der Waals surface area contributed by atoms with Gasteiger partial charge in [0.05, 0.1) is 10.6 Å². The van der Waals surface area contributed by atoms with Gasteiger partial charge in [0.2, 0.25) is 5.91 Å². The molecule has 1 fully saturated rings. The summed E-state index contributed by atoms with van der Waals surface area (Å²) in [4.78, 5) is 30.6. The number of thiazole rings is 1. The molecule has 24 heavy (non-hydrogen) atoms. The zero-order valence-corrected chi connectivity index (χ0v) is 15.1. The van der Waals surface area contributed by atoms with Crippen molar-refractivity contribution in [2.75, 3.05) is 11.9 Å². The van der Waals surface area contributed by atoms with Crippen molar-refractivity contribution >= 4 is 62.7 Å². The van der Waals surface area contributed by atoms with Crippen LogP contribution in [0.15, 0.2) is 40.6 Å². The first-order chi connectivity index (χ1) is 11.5. The van der Waals surface area contributed by atoms with Crippen LogP contribution in [0.5, 0.6) is 0 Å². The second-order valence-electron chi connectivity index (χ2n) is 5.02. The van der Waals surface area contributed by atoms with E-state index in [1.165, 1.54) is 28.0 Å². The van der Waals surface area contributed by atoms with Gasteiger partial charge in [0, 0.05) is 5.38 Å². The molecule has 0 unspecified atom stereocenters. The normalized spacial score (nSPS) is 16.0. The summed E-state index contributed by atoms with van der Waals surface area (Å²) in [7, 11) is 0. The molecule has 122 valence electrons. The number of benzene rings is 1. The minimum absolute atomic E-state index is 0.116. The van der Waals surface area contributed by atoms with Crippen LogP contribution in [0.25, 0.3) is 6.08 Å². The molecule has 1 aromatic heterocycles. The lowest BCUT2D eigenvalue weighted by atomic mass is 10.2. The number of rotatable bonds is 4. The SMILES string of the molecule is Cc1csc(NC(=O)CN2C(=O)/C(=C/c3ccccc3)SC2=S)n1. The number of aromatic nitrogens is 1. The highest BCUT2D eigenvalue weighted by Crippen LogP contribution is 2.32. The average molecular weight is 376 g/mol. The van der Waals surface area contributed by atoms with Crippen molar-refractivity contribution in [3.8, 4) is 0 Å². The minimum atomic E-state index is -0.318. The van der Waals surface area contributed by atoms with Crippen molar-refractivity contribution in [1.29, 1.82) is 0 Å². The molecule has 1 aliphatic heterocycles. The Morgan fingerprint density at radius 3 is 2.79 bits per heavy atom. The molecule has 0 aliphatic carbocycles. The fourth-order valence-electron chi connectivity index (χ4n) is 2.05. The maximum Gasteiger partial charge on any atom is 0.266 e. The van der Waals surface area contributed by atoms with Gasteiger partial charge in [-0.15, -0.1) is 11.3 Å². The van der Waals surface area contributed by atoms with Crippen molar-refractivity contribution in [1.82, 2.24) is 9.88 Å². The number of thiocarbonyl (C=S) groups is 1. The highest BCUT2D eigenvalue weighted by molar-refractivity contribution is 8.26. The largest absolute Gasteiger partial charge is 0.300 e. The number of thioether (sulfide) groups is 1. The molecule has 0 radical (unpaired) electrons. The predicted octanol–water partition coefficient (Wildman–Crippen LogP) is 3.29. The lowest BCUT2D eigenvalue weighted by Gasteiger charge is -2.13. The van der Waals surface area contributed by atoms with Gasteiger partial charge in [0.25, 0.3) is 5.91 Å². The first-order valence-electron chi connectivity index (χ1n) is 7.05. The smallest absolute Gasteiger partial charge is 0.266 e. The van der Waals surface area contributed by atoms with E-state index in [-0.39, 0.29) is 18.4 Å². The molecular formula is C16H13N3O2S3. The fraction of sp³-hybridized carbons (Fsp3) is 0.125. The number of nitrogens with one attached hydrogen (secondary N) is 1. The van der Waals surface area contributed by atoms with E-state index in [0.717, 1.165) is 11.3 Å². The summed E-state index contributed by atoms with van der Waals surface area (Å²) < 4.78 is 0.382. The van der Waals surface area contributed by atoms with Crippen LogP contribution in [0.1, 0.15) is 11.3 Å². The van der Waals surface area contributed by atoms with E-state index in [0.29, 0.717) is 14.4 Å². The molecule has 3 rings (SSSR count). The summed E-state index contributed by atoms with van der Waals surface area (Å²) >= 11 is 7.78. The Bertz CT molecular complexity index is 830. The molecule has 8 heteroatoms. The van der Waals surface area contributed by atoms with Gasteiger partial charge in [0.15, 0.2) is 5.13 Å². The summed E-state index contributed by atoms with van der Waals surface area (Å²) in [5.41, 5.74) is 1.76. The third-order valence-electron chi connectivity index (χ3n) is 3.14. The van der Waals surface area contributed by atoms with Gasteiger partial charge in [-0.1, -0.05) is 54.3 Å². The van der Waals surface area contributed by atoms with Gasteiger partial charge >= 0.3 is 0 Å². The first kappa shape index (κ1) is 16.8. The number of nitrogens with zero attached hydrogens (tertiary/aromatic N) is 2. The van der Waals surface area contributed by atoms with Crippen molar-refractivity contribution in [3.63, 3.8) is 0 Å². The lowest BCUT2D eigenvalue weighted by molar-refractivity contribution is -0.126. The van der Waals surface area contributed by atoms with Crippen molar-refractivity contribution < 1.29 is 9.59 Å². The zero-order valence-electron chi connectivity index (χ0n) is 12.7. The highest BCUT2D eigenvalue weighted by Gasteiger charge is 2.33. The quantitative estimate of drug-likeness (QED) is 0.656. The van der Waals surface area contributed by atoms with E-state index in [4.69, 9.17) is 12.2 Å². The minimum Gasteiger partial charge on any atom is -0.300 e. The fourth-order valence-corrected chi connectivity index (χ4v) is 4.01. The van der Waals surface area contributed by atoms with Crippen molar-refractivity contribution in [3.05, 3.63) is 51.9 Å². The van der Waals surface area contributed by atoms with Gasteiger partial charge in [0.1, 0.15) is 10.9 Å². The summed E-state index contributed by atoms with van der Waals surface area (Å²) in [5, 5.41) is 5.04. The van der Waals surface area contributed by atoms with Crippen LogP contribution in [0, 0.1) is 6.92 Å². The molecule has 0 atom stereocenters. The molecular weight excluding hydrogens is 362 g/mol. The number of aryl methyl sites for hydroxylation is 1. The molecule has 2 amide bonds. The first-order valence-corrected chi connectivity index (χ1v) is 9.16. The van der Waals surface area contributed by atoms with E-state index < -0.39 is 0 Å². The van der Waals surface area contributed by atoms with Crippen molar-refractivity contribution in [2.24, 2.45) is 0 Å². The summed E-state index contributed by atoms with van der Waals surface area (Å²) in [6, 6.07) is 9.52. The van der Waals surface area contributed by atoms with Gasteiger partial charge in [-0.3, -0.25) is 14.5 Å². The Balaban J connectivity index is 1.68. The number of carbonyl (C=O) groups excluding carboxylic acids is 2. The molecule has 2 heterocycles. The van der Waals surface area contributed by atoms with E-state index in [1.807, 2.05) is 42.6 Å². The van der Waals surface area contributed by atoms with Crippen LogP contribution in [0.4, 0.5) is 5.13 Å². The number of hydrogen-bond donors (Lipinski definition) is 1. The van der Waals surface area contributed by atoms with E-state index in [1.54, 1.807) is 6.08 Å². The third kappa shape index (κ3) is 3.89. The Morgan fingerprint density at radius 2 is 2.12 bits per heavy atom. The van der Waals surface area contributed by atoms with Gasteiger partial charge in [-0.25, -0.2) is 4.98 Å². The Morgan fingerprint density at radius 1 is 1.38 bits per heavy atom. The predicted molar refractivity (Wildman–Crippen MR) is 102 cm³/mol. The zero-order chi connectivity index (χ0) is 17.1. The number of amides is 2. The second kappa shape index (κ2) is 7.25. The maximum absolute atomic E-state index is 12.5. The molecule has 2 aromatic rings. The maximum atomic E-state index is 12.5. The van der Waals surface area contributed by atoms with Crippen LogP contribution < -0.4 is 5.32 Å². The van der Waals surface area contributed by atoms with E-state index in [2.05, 4.69) is 10.3 Å². The molecule has 0 saturated carbocycles. The lowest BCUT2D eigenvalue weighted by Crippen LogP contribution is -2.36. The van der Waals surface area contributed by atoms with Crippen LogP contribution in [-0.4, -0.2) is 32.6 Å². The topological polar surface area (TPSA) is 62.3 Å².